The van der Waals surface area contributed by atoms with Crippen LogP contribution in [0.2, 0.25) is 0 Å². The van der Waals surface area contributed by atoms with Crippen LogP contribution in [0.25, 0.3) is 22.2 Å². The highest BCUT2D eigenvalue weighted by Crippen LogP contribution is 2.36. The Morgan fingerprint density at radius 2 is 1.66 bits per heavy atom. The number of anilines is 2. The summed E-state index contributed by atoms with van der Waals surface area (Å²) in [5, 5.41) is 2.18. The molecule has 6 rings (SSSR count). The predicted molar refractivity (Wildman–Crippen MR) is 162 cm³/mol. The minimum atomic E-state index is -5.64. The molecular weight excluding hydrogens is 649 g/mol. The first-order valence-electron chi connectivity index (χ1n) is 14.8. The minimum absolute atomic E-state index is 0.0140. The molecule has 47 heavy (non-hydrogen) atoms. The van der Waals surface area contributed by atoms with Gasteiger partial charge in [0, 0.05) is 60.8 Å². The van der Waals surface area contributed by atoms with Crippen LogP contribution in [-0.2, 0) is 19.7 Å². The van der Waals surface area contributed by atoms with Gasteiger partial charge in [0.15, 0.2) is 5.82 Å². The number of sulfonamides is 1. The van der Waals surface area contributed by atoms with Crippen LogP contribution in [0.4, 0.5) is 33.3 Å². The lowest BCUT2D eigenvalue weighted by molar-refractivity contribution is -0.199. The average Bonchev–Trinajstić information content (AvgIpc) is 3.75. The Morgan fingerprint density at radius 3 is 2.32 bits per heavy atom. The van der Waals surface area contributed by atoms with E-state index < -0.39 is 60.6 Å². The van der Waals surface area contributed by atoms with Crippen molar-refractivity contribution in [3.63, 3.8) is 0 Å². The number of nitrogens with zero attached hydrogens (tertiary/aromatic N) is 3. The molecule has 0 unspecified atom stereocenters. The van der Waals surface area contributed by atoms with Crippen molar-refractivity contribution in [2.75, 3.05) is 35.5 Å². The molecule has 0 radical (unpaired) electrons. The van der Waals surface area contributed by atoms with Gasteiger partial charge in [0.25, 0.3) is 10.0 Å². The Kier molecular flexibility index (Phi) is 8.65. The van der Waals surface area contributed by atoms with E-state index >= 15 is 8.78 Å². The second kappa shape index (κ2) is 12.6. The number of aromatic amines is 1. The smallest absolute Gasteiger partial charge is 0.369 e. The lowest BCUT2D eigenvalue weighted by atomic mass is 9.99. The van der Waals surface area contributed by atoms with E-state index in [1.165, 1.54) is 6.20 Å². The topological polar surface area (TPSA) is 125 Å². The van der Waals surface area contributed by atoms with E-state index in [2.05, 4.69) is 25.0 Å². The maximum Gasteiger partial charge on any atom is 0.493 e. The van der Waals surface area contributed by atoms with E-state index in [9.17, 15) is 31.2 Å². The number of hydrogen-bond acceptors (Lipinski definition) is 8. The monoisotopic (exact) mass is 677 g/mol. The zero-order valence-corrected chi connectivity index (χ0v) is 25.4. The van der Waals surface area contributed by atoms with Crippen LogP contribution < -0.4 is 14.7 Å². The summed E-state index contributed by atoms with van der Waals surface area (Å²) in [7, 11) is -4.93. The number of piperazine rings is 1. The molecule has 2 aliphatic rings. The summed E-state index contributed by atoms with van der Waals surface area (Å²) in [5.41, 5.74) is -0.184. The number of aromatic nitrogens is 2. The average molecular weight is 678 g/mol. The summed E-state index contributed by atoms with van der Waals surface area (Å²) in [6.07, 6.45) is -2.07. The number of rotatable bonds is 8. The molecule has 10 nitrogen and oxygen atoms in total. The second-order valence-corrected chi connectivity index (χ2v) is 13.3. The lowest BCUT2D eigenvalue weighted by Crippen LogP contribution is -2.43. The van der Waals surface area contributed by atoms with Crippen molar-refractivity contribution in [1.82, 2.24) is 15.3 Å². The summed E-state index contributed by atoms with van der Waals surface area (Å²) >= 11 is 0. The normalized spacial score (nSPS) is 16.1. The molecule has 0 atom stereocenters. The van der Waals surface area contributed by atoms with E-state index in [4.69, 9.17) is 0 Å². The number of fused-ring (bicyclic) bond motifs is 1. The van der Waals surface area contributed by atoms with Crippen LogP contribution in [0.1, 0.15) is 41.6 Å². The molecule has 1 aliphatic carbocycles. The van der Waals surface area contributed by atoms with Crippen molar-refractivity contribution >= 4 is 44.2 Å². The summed E-state index contributed by atoms with van der Waals surface area (Å²) in [6, 6.07) is 10.2. The van der Waals surface area contributed by atoms with Crippen LogP contribution in [-0.4, -0.2) is 67.7 Å². The largest absolute Gasteiger partial charge is 0.493 e. The van der Waals surface area contributed by atoms with Crippen molar-refractivity contribution in [3.05, 3.63) is 77.6 Å². The van der Waals surface area contributed by atoms with Gasteiger partial charge >= 0.3 is 12.1 Å². The summed E-state index contributed by atoms with van der Waals surface area (Å²) < 4.78 is 96.8. The molecule has 1 aliphatic heterocycles. The van der Waals surface area contributed by atoms with E-state index in [1.54, 1.807) is 12.3 Å². The first-order chi connectivity index (χ1) is 22.4. The van der Waals surface area contributed by atoms with Crippen LogP contribution >= 0.6 is 0 Å². The SMILES string of the molecule is O=C(c1c(F)ccc(N(OC(=O)C(F)(F)F)S(=O)(=O)C2CCCC2)c1F)c1c[nH]c2ncc(-c3ccc(N4CCNCC4)cc3)cc12. The quantitative estimate of drug-likeness (QED) is 0.147. The molecule has 2 N–H and O–H groups in total. The van der Waals surface area contributed by atoms with Crippen LogP contribution in [0.15, 0.2) is 54.9 Å². The van der Waals surface area contributed by atoms with Gasteiger partial charge in [0.05, 0.1) is 10.8 Å². The molecule has 0 amide bonds. The number of pyridine rings is 1. The third kappa shape index (κ3) is 6.26. The van der Waals surface area contributed by atoms with Crippen molar-refractivity contribution in [1.29, 1.82) is 0 Å². The first kappa shape index (κ1) is 32.4. The highest BCUT2D eigenvalue weighted by atomic mass is 32.2. The standard InChI is InChI=1S/C31H28F5N5O5S/c32-24-9-10-25(41(46-30(43)31(34,35)36)47(44,45)21-3-1-2-4-21)27(33)26(24)28(42)23-17-39-29-22(23)15-19(16-38-29)18-5-7-20(8-6-18)40-13-11-37-12-14-40/h5-10,15-17,21,37H,1-4,11-14H2,(H,38,39). The van der Waals surface area contributed by atoms with E-state index in [1.807, 2.05) is 24.3 Å². The maximum atomic E-state index is 16.1. The Hall–Kier alpha value is -4.57. The van der Waals surface area contributed by atoms with Crippen molar-refractivity contribution < 1.29 is 44.8 Å². The Bertz CT molecular complexity index is 1940. The van der Waals surface area contributed by atoms with Crippen LogP contribution in [0.5, 0.6) is 0 Å². The fourth-order valence-electron chi connectivity index (χ4n) is 5.85. The van der Waals surface area contributed by atoms with Gasteiger partial charge in [-0.15, -0.1) is 0 Å². The summed E-state index contributed by atoms with van der Waals surface area (Å²) in [5.74, 6) is -7.43. The molecule has 1 saturated carbocycles. The van der Waals surface area contributed by atoms with Gasteiger partial charge in [0.2, 0.25) is 5.78 Å². The fraction of sp³-hybridized carbons (Fsp3) is 0.323. The van der Waals surface area contributed by atoms with Gasteiger partial charge in [-0.3, -0.25) is 4.79 Å². The van der Waals surface area contributed by atoms with Crippen molar-refractivity contribution in [2.45, 2.75) is 37.1 Å². The number of carbonyl (C=O) groups is 2. The molecule has 3 heterocycles. The van der Waals surface area contributed by atoms with Gasteiger partial charge in [-0.25, -0.2) is 27.0 Å². The van der Waals surface area contributed by atoms with Gasteiger partial charge in [-0.2, -0.15) is 13.2 Å². The summed E-state index contributed by atoms with van der Waals surface area (Å²) in [6.45, 7) is 3.43. The highest BCUT2D eigenvalue weighted by molar-refractivity contribution is 7.93. The fourth-order valence-corrected chi connectivity index (χ4v) is 7.64. The third-order valence-corrected chi connectivity index (χ3v) is 10.4. The van der Waals surface area contributed by atoms with Gasteiger partial charge in [-0.05, 0) is 48.7 Å². The Morgan fingerprint density at radius 1 is 0.979 bits per heavy atom. The summed E-state index contributed by atoms with van der Waals surface area (Å²) in [4.78, 5) is 39.0. The zero-order valence-electron chi connectivity index (χ0n) is 24.6. The molecule has 1 saturated heterocycles. The first-order valence-corrected chi connectivity index (χ1v) is 16.3. The number of halogens is 5. The third-order valence-electron chi connectivity index (χ3n) is 8.30. The number of hydrogen-bond donors (Lipinski definition) is 2. The number of ketones is 1. The van der Waals surface area contributed by atoms with Gasteiger partial charge in [0.1, 0.15) is 17.2 Å². The number of carbonyl (C=O) groups excluding carboxylic acids is 2. The zero-order chi connectivity index (χ0) is 33.5. The molecular formula is C31H28F5N5O5S. The molecule has 2 fully saturated rings. The van der Waals surface area contributed by atoms with Crippen molar-refractivity contribution in [2.24, 2.45) is 0 Å². The predicted octanol–water partition coefficient (Wildman–Crippen LogP) is 5.25. The van der Waals surface area contributed by atoms with E-state index in [0.717, 1.165) is 37.4 Å². The van der Waals surface area contributed by atoms with Crippen LogP contribution in [0.3, 0.4) is 0 Å². The number of alkyl halides is 3. The minimum Gasteiger partial charge on any atom is -0.369 e. The lowest BCUT2D eigenvalue weighted by Gasteiger charge is -2.29. The maximum absolute atomic E-state index is 16.1. The Balaban J connectivity index is 1.37. The second-order valence-electron chi connectivity index (χ2n) is 11.2. The molecule has 16 heteroatoms. The Labute approximate surface area is 265 Å². The van der Waals surface area contributed by atoms with Gasteiger partial charge in [-0.1, -0.05) is 29.4 Å². The van der Waals surface area contributed by atoms with Crippen LogP contribution in [0, 0.1) is 11.6 Å². The highest BCUT2D eigenvalue weighted by Gasteiger charge is 2.47. The number of nitrogens with one attached hydrogen (secondary N) is 2. The van der Waals surface area contributed by atoms with E-state index in [-0.39, 0.29) is 29.4 Å². The molecule has 0 spiro atoms. The molecule has 4 aromatic rings. The number of benzene rings is 2. The molecule has 0 bridgehead atoms. The molecule has 248 valence electrons. The van der Waals surface area contributed by atoms with E-state index in [0.29, 0.717) is 30.5 Å². The van der Waals surface area contributed by atoms with Crippen molar-refractivity contribution in [3.8, 4) is 11.1 Å². The van der Waals surface area contributed by atoms with Gasteiger partial charge < -0.3 is 20.0 Å². The number of H-pyrrole nitrogens is 1. The molecule has 2 aromatic carbocycles. The molecule has 2 aromatic heterocycles.